The van der Waals surface area contributed by atoms with E-state index < -0.39 is 5.91 Å². The number of imide groups is 1. The molecule has 194 valence electrons. The van der Waals surface area contributed by atoms with Crippen molar-refractivity contribution < 1.29 is 19.1 Å². The number of fused-ring (bicyclic) bond motifs is 1. The van der Waals surface area contributed by atoms with E-state index in [2.05, 4.69) is 40.2 Å². The minimum Gasteiger partial charge on any atom is -0.490 e. The van der Waals surface area contributed by atoms with Crippen LogP contribution in [0.4, 0.5) is 4.79 Å². The maximum absolute atomic E-state index is 13.1. The molecule has 0 radical (unpaired) electrons. The van der Waals surface area contributed by atoms with Crippen molar-refractivity contribution in [3.8, 4) is 17.6 Å². The fraction of sp³-hybridized carbons (Fsp3) is 0.129. The normalized spacial score (nSPS) is 14.2. The zero-order chi connectivity index (χ0) is 27.4. The molecule has 5 rings (SSSR count). The SMILES string of the molecule is CCOc1cc(/C=C2/SC(=O)N(Cc3ccccc3C#N)C2=O)cc(Br)c1OCc1cccc2ccccc12. The number of carbonyl (C=O) groups is 2. The van der Waals surface area contributed by atoms with E-state index >= 15 is 0 Å². The van der Waals surface area contributed by atoms with Crippen LogP contribution in [0.5, 0.6) is 11.5 Å². The van der Waals surface area contributed by atoms with Crippen molar-refractivity contribution in [3.63, 3.8) is 0 Å². The third-order valence-corrected chi connectivity index (χ3v) is 7.72. The summed E-state index contributed by atoms with van der Waals surface area (Å²) < 4.78 is 12.8. The summed E-state index contributed by atoms with van der Waals surface area (Å²) >= 11 is 4.48. The van der Waals surface area contributed by atoms with Crippen molar-refractivity contribution in [2.24, 2.45) is 0 Å². The summed E-state index contributed by atoms with van der Waals surface area (Å²) in [5, 5.41) is 11.2. The van der Waals surface area contributed by atoms with Gasteiger partial charge in [0.2, 0.25) is 0 Å². The molecule has 1 aliphatic rings. The number of carbonyl (C=O) groups excluding carboxylic acids is 2. The van der Waals surface area contributed by atoms with Crippen molar-refractivity contribution in [2.75, 3.05) is 6.61 Å². The largest absolute Gasteiger partial charge is 0.490 e. The predicted molar refractivity (Wildman–Crippen MR) is 156 cm³/mol. The van der Waals surface area contributed by atoms with Gasteiger partial charge in [-0.2, -0.15) is 5.26 Å². The fourth-order valence-electron chi connectivity index (χ4n) is 4.37. The van der Waals surface area contributed by atoms with Crippen LogP contribution in [0.3, 0.4) is 0 Å². The van der Waals surface area contributed by atoms with Gasteiger partial charge in [-0.15, -0.1) is 0 Å². The fourth-order valence-corrected chi connectivity index (χ4v) is 5.78. The van der Waals surface area contributed by atoms with Crippen LogP contribution in [-0.2, 0) is 17.9 Å². The van der Waals surface area contributed by atoms with E-state index in [0.717, 1.165) is 33.0 Å². The average molecular weight is 600 g/mol. The van der Waals surface area contributed by atoms with Crippen molar-refractivity contribution in [1.82, 2.24) is 4.90 Å². The Kier molecular flexibility index (Phi) is 8.01. The number of amides is 2. The molecular formula is C31H23BrN2O4S. The lowest BCUT2D eigenvalue weighted by molar-refractivity contribution is -0.123. The third kappa shape index (κ3) is 5.70. The first-order valence-corrected chi connectivity index (χ1v) is 13.9. The third-order valence-electron chi connectivity index (χ3n) is 6.22. The Balaban J connectivity index is 1.39. The van der Waals surface area contributed by atoms with E-state index in [9.17, 15) is 14.9 Å². The van der Waals surface area contributed by atoms with Crippen molar-refractivity contribution in [1.29, 1.82) is 5.26 Å². The molecule has 0 atom stereocenters. The Hall–Kier alpha value is -4.06. The summed E-state index contributed by atoms with van der Waals surface area (Å²) in [4.78, 5) is 27.3. The van der Waals surface area contributed by atoms with E-state index in [1.165, 1.54) is 0 Å². The number of nitrogens with zero attached hydrogens (tertiary/aromatic N) is 2. The number of thioether (sulfide) groups is 1. The molecule has 1 heterocycles. The lowest BCUT2D eigenvalue weighted by Crippen LogP contribution is -2.27. The Morgan fingerprint density at radius 1 is 0.974 bits per heavy atom. The highest BCUT2D eigenvalue weighted by Gasteiger charge is 2.35. The Morgan fingerprint density at radius 2 is 1.72 bits per heavy atom. The monoisotopic (exact) mass is 598 g/mol. The van der Waals surface area contributed by atoms with Crippen LogP contribution in [0, 0.1) is 11.3 Å². The molecule has 4 aromatic rings. The van der Waals surface area contributed by atoms with Gasteiger partial charge < -0.3 is 9.47 Å². The Morgan fingerprint density at radius 3 is 2.54 bits per heavy atom. The maximum atomic E-state index is 13.1. The number of hydrogen-bond acceptors (Lipinski definition) is 6. The first-order chi connectivity index (χ1) is 19.0. The van der Waals surface area contributed by atoms with E-state index in [-0.39, 0.29) is 11.8 Å². The molecule has 0 bridgehead atoms. The summed E-state index contributed by atoms with van der Waals surface area (Å²) in [6.07, 6.45) is 1.67. The molecule has 0 N–H and O–H groups in total. The van der Waals surface area contributed by atoms with Crippen LogP contribution in [0.2, 0.25) is 0 Å². The van der Waals surface area contributed by atoms with Gasteiger partial charge in [-0.1, -0.05) is 60.7 Å². The van der Waals surface area contributed by atoms with Gasteiger partial charge in [-0.05, 0) is 86.4 Å². The highest BCUT2D eigenvalue weighted by atomic mass is 79.9. The second kappa shape index (κ2) is 11.8. The van der Waals surface area contributed by atoms with Gasteiger partial charge in [-0.3, -0.25) is 14.5 Å². The molecule has 0 aromatic heterocycles. The van der Waals surface area contributed by atoms with Crippen LogP contribution in [0.1, 0.15) is 29.2 Å². The quantitative estimate of drug-likeness (QED) is 0.193. The number of ether oxygens (including phenoxy) is 2. The van der Waals surface area contributed by atoms with E-state index in [1.54, 1.807) is 36.4 Å². The van der Waals surface area contributed by atoms with Gasteiger partial charge in [0.05, 0.1) is 34.2 Å². The lowest BCUT2D eigenvalue weighted by atomic mass is 10.1. The molecule has 1 saturated heterocycles. The smallest absolute Gasteiger partial charge is 0.293 e. The summed E-state index contributed by atoms with van der Waals surface area (Å²) in [5.41, 5.74) is 2.80. The van der Waals surface area contributed by atoms with E-state index in [0.29, 0.717) is 50.8 Å². The second-order valence-corrected chi connectivity index (χ2v) is 10.6. The summed E-state index contributed by atoms with van der Waals surface area (Å²) in [6, 6.07) is 26.9. The average Bonchev–Trinajstić information content (AvgIpc) is 3.20. The first kappa shape index (κ1) is 26.5. The standard InChI is InChI=1S/C31H23BrN2O4S/c1-2-37-27-15-20(14-26(32)29(27)38-19-24-12-7-11-21-8-5-6-13-25(21)24)16-28-30(35)34(31(36)39-28)18-23-10-4-3-9-22(23)17-33/h3-16H,2,18-19H2,1H3/b28-16+. The minimum atomic E-state index is -0.400. The highest BCUT2D eigenvalue weighted by molar-refractivity contribution is 9.10. The highest BCUT2D eigenvalue weighted by Crippen LogP contribution is 2.40. The molecule has 0 saturated carbocycles. The summed E-state index contributed by atoms with van der Waals surface area (Å²) in [6.45, 7) is 2.71. The van der Waals surface area contributed by atoms with Gasteiger partial charge in [0, 0.05) is 0 Å². The molecule has 4 aromatic carbocycles. The van der Waals surface area contributed by atoms with Crippen molar-refractivity contribution in [2.45, 2.75) is 20.1 Å². The van der Waals surface area contributed by atoms with Crippen molar-refractivity contribution >= 4 is 55.7 Å². The molecular weight excluding hydrogens is 576 g/mol. The van der Waals surface area contributed by atoms with Crippen LogP contribution < -0.4 is 9.47 Å². The lowest BCUT2D eigenvalue weighted by Gasteiger charge is -2.16. The van der Waals surface area contributed by atoms with E-state index in [1.807, 2.05) is 37.3 Å². The van der Waals surface area contributed by atoms with E-state index in [4.69, 9.17) is 9.47 Å². The summed E-state index contributed by atoms with van der Waals surface area (Å²) in [7, 11) is 0. The van der Waals surface area contributed by atoms with Gasteiger partial charge >= 0.3 is 0 Å². The van der Waals surface area contributed by atoms with Crippen LogP contribution >= 0.6 is 27.7 Å². The van der Waals surface area contributed by atoms with Crippen LogP contribution in [-0.4, -0.2) is 22.7 Å². The molecule has 1 aliphatic heterocycles. The maximum Gasteiger partial charge on any atom is 0.293 e. The van der Waals surface area contributed by atoms with Gasteiger partial charge in [0.1, 0.15) is 6.61 Å². The molecule has 0 spiro atoms. The molecule has 0 unspecified atom stereocenters. The zero-order valence-corrected chi connectivity index (χ0v) is 23.4. The number of rotatable bonds is 8. The number of hydrogen-bond donors (Lipinski definition) is 0. The topological polar surface area (TPSA) is 79.6 Å². The van der Waals surface area contributed by atoms with Gasteiger partial charge in [0.15, 0.2) is 11.5 Å². The number of nitriles is 1. The predicted octanol–water partition coefficient (Wildman–Crippen LogP) is 7.69. The van der Waals surface area contributed by atoms with Crippen LogP contribution in [0.15, 0.2) is 88.2 Å². The van der Waals surface area contributed by atoms with Crippen molar-refractivity contribution in [3.05, 3.63) is 110 Å². The Bertz CT molecular complexity index is 1660. The molecule has 1 fully saturated rings. The van der Waals surface area contributed by atoms with Crippen LogP contribution in [0.25, 0.3) is 16.8 Å². The van der Waals surface area contributed by atoms with Gasteiger partial charge in [-0.25, -0.2) is 0 Å². The first-order valence-electron chi connectivity index (χ1n) is 12.3. The second-order valence-electron chi connectivity index (χ2n) is 8.73. The summed E-state index contributed by atoms with van der Waals surface area (Å²) in [5.74, 6) is 0.687. The minimum absolute atomic E-state index is 0.0422. The zero-order valence-electron chi connectivity index (χ0n) is 21.0. The molecule has 8 heteroatoms. The molecule has 2 amide bonds. The molecule has 39 heavy (non-hydrogen) atoms. The number of halogens is 1. The Labute approximate surface area is 239 Å². The van der Waals surface area contributed by atoms with Gasteiger partial charge in [0.25, 0.3) is 11.1 Å². The molecule has 6 nitrogen and oxygen atoms in total. The molecule has 0 aliphatic carbocycles. The number of benzene rings is 4.